The Morgan fingerprint density at radius 1 is 1.30 bits per heavy atom. The molecule has 3 rings (SSSR count). The van der Waals surface area contributed by atoms with Crippen molar-refractivity contribution in [2.24, 2.45) is 0 Å². The fraction of sp³-hybridized carbons (Fsp3) is 0.200. The zero-order valence-electron chi connectivity index (χ0n) is 11.3. The minimum absolute atomic E-state index is 0.336. The van der Waals surface area contributed by atoms with Crippen LogP contribution in [0.2, 0.25) is 0 Å². The zero-order valence-corrected chi connectivity index (χ0v) is 12.2. The zero-order chi connectivity index (χ0) is 14.3. The van der Waals surface area contributed by atoms with E-state index in [0.29, 0.717) is 17.3 Å². The molecule has 0 radical (unpaired) electrons. The van der Waals surface area contributed by atoms with Crippen LogP contribution in [0, 0.1) is 13.8 Å². The van der Waals surface area contributed by atoms with Crippen molar-refractivity contribution in [1.29, 1.82) is 0 Å². The molecular formula is C15H15N3OS. The molecule has 102 valence electrons. The second-order valence-electron chi connectivity index (χ2n) is 4.85. The third kappa shape index (κ3) is 2.00. The highest BCUT2D eigenvalue weighted by Crippen LogP contribution is 2.39. The lowest BCUT2D eigenvalue weighted by Gasteiger charge is -2.11. The molecule has 2 aromatic heterocycles. The number of nitrogens with two attached hydrogens (primary N) is 1. The van der Waals surface area contributed by atoms with Crippen molar-refractivity contribution >= 4 is 26.7 Å². The number of anilines is 1. The molecule has 0 aliphatic carbocycles. The third-order valence-corrected chi connectivity index (χ3v) is 4.52. The van der Waals surface area contributed by atoms with Crippen LogP contribution in [0.15, 0.2) is 24.5 Å². The first-order valence-corrected chi connectivity index (χ1v) is 7.15. The average Bonchev–Trinajstić information content (AvgIpc) is 2.84. The lowest BCUT2D eigenvalue weighted by atomic mass is 9.98. The van der Waals surface area contributed by atoms with Crippen LogP contribution in [0.25, 0.3) is 10.2 Å². The number of aromatic nitrogens is 2. The van der Waals surface area contributed by atoms with Gasteiger partial charge in [-0.05, 0) is 36.6 Å². The van der Waals surface area contributed by atoms with E-state index in [1.54, 1.807) is 6.20 Å². The van der Waals surface area contributed by atoms with Gasteiger partial charge < -0.3 is 10.8 Å². The van der Waals surface area contributed by atoms with Crippen LogP contribution in [-0.2, 0) is 6.42 Å². The predicted octanol–water partition coefficient (Wildman–Crippen LogP) is 3.19. The van der Waals surface area contributed by atoms with Gasteiger partial charge in [0.15, 0.2) is 5.13 Å². The molecule has 0 aliphatic rings. The molecule has 0 spiro atoms. The number of phenols is 1. The van der Waals surface area contributed by atoms with E-state index in [1.165, 1.54) is 11.3 Å². The van der Waals surface area contributed by atoms with E-state index in [0.717, 1.165) is 32.5 Å². The number of pyridine rings is 1. The summed E-state index contributed by atoms with van der Waals surface area (Å²) < 4.78 is 0.965. The summed E-state index contributed by atoms with van der Waals surface area (Å²) in [6, 6.07) is 3.89. The Balaban J connectivity index is 2.24. The highest BCUT2D eigenvalue weighted by atomic mass is 32.1. The van der Waals surface area contributed by atoms with Crippen LogP contribution >= 0.6 is 11.3 Å². The predicted molar refractivity (Wildman–Crippen MR) is 82.2 cm³/mol. The molecule has 20 heavy (non-hydrogen) atoms. The van der Waals surface area contributed by atoms with Crippen molar-refractivity contribution in [3.05, 3.63) is 46.8 Å². The van der Waals surface area contributed by atoms with Crippen molar-refractivity contribution in [3.63, 3.8) is 0 Å². The molecule has 1 aromatic carbocycles. The van der Waals surface area contributed by atoms with E-state index in [9.17, 15) is 5.11 Å². The van der Waals surface area contributed by atoms with Crippen molar-refractivity contribution in [1.82, 2.24) is 9.97 Å². The number of hydrogen-bond donors (Lipinski definition) is 2. The minimum Gasteiger partial charge on any atom is -0.507 e. The standard InChI is InChI=1S/C15H15N3OS/c1-8-9(2)13(19)11(6-10-4-3-5-17-7-10)14-12(8)18-15(16)20-14/h3-5,7,19H,6H2,1-2H3,(H2,16,18). The quantitative estimate of drug-likeness (QED) is 0.758. The Morgan fingerprint density at radius 3 is 2.80 bits per heavy atom. The molecular weight excluding hydrogens is 270 g/mol. The molecule has 0 fully saturated rings. The van der Waals surface area contributed by atoms with Gasteiger partial charge in [0.05, 0.1) is 10.2 Å². The fourth-order valence-electron chi connectivity index (χ4n) is 2.36. The first kappa shape index (κ1) is 12.9. The van der Waals surface area contributed by atoms with Crippen LogP contribution in [0.4, 0.5) is 5.13 Å². The van der Waals surface area contributed by atoms with E-state index in [1.807, 2.05) is 32.2 Å². The number of nitrogen functional groups attached to an aromatic ring is 1. The number of thiazole rings is 1. The number of aromatic hydroxyl groups is 1. The van der Waals surface area contributed by atoms with Crippen LogP contribution in [0.1, 0.15) is 22.3 Å². The van der Waals surface area contributed by atoms with E-state index in [2.05, 4.69) is 9.97 Å². The van der Waals surface area contributed by atoms with Crippen LogP contribution in [0.5, 0.6) is 5.75 Å². The molecule has 5 heteroatoms. The Labute approximate surface area is 120 Å². The number of aryl methyl sites for hydroxylation is 1. The Bertz CT molecular complexity index is 781. The van der Waals surface area contributed by atoms with Gasteiger partial charge >= 0.3 is 0 Å². The lowest BCUT2D eigenvalue weighted by Crippen LogP contribution is -1.95. The first-order valence-electron chi connectivity index (χ1n) is 6.34. The maximum atomic E-state index is 10.5. The van der Waals surface area contributed by atoms with Crippen LogP contribution in [-0.4, -0.2) is 15.1 Å². The summed E-state index contributed by atoms with van der Waals surface area (Å²) in [4.78, 5) is 8.50. The topological polar surface area (TPSA) is 72.0 Å². The summed E-state index contributed by atoms with van der Waals surface area (Å²) >= 11 is 1.42. The van der Waals surface area contributed by atoms with Gasteiger partial charge in [0.2, 0.25) is 0 Å². The fourth-order valence-corrected chi connectivity index (χ4v) is 3.29. The first-order chi connectivity index (χ1) is 9.58. The monoisotopic (exact) mass is 285 g/mol. The van der Waals surface area contributed by atoms with E-state index >= 15 is 0 Å². The lowest BCUT2D eigenvalue weighted by molar-refractivity contribution is 0.466. The largest absolute Gasteiger partial charge is 0.507 e. The molecule has 0 saturated heterocycles. The molecule has 0 aliphatic heterocycles. The number of nitrogens with zero attached hydrogens (tertiary/aromatic N) is 2. The number of phenolic OH excluding ortho intramolecular Hbond substituents is 1. The normalized spacial score (nSPS) is 11.1. The second kappa shape index (κ2) is 4.76. The van der Waals surface area contributed by atoms with Crippen molar-refractivity contribution in [3.8, 4) is 5.75 Å². The molecule has 0 amide bonds. The van der Waals surface area contributed by atoms with Gasteiger partial charge in [0, 0.05) is 24.4 Å². The molecule has 3 N–H and O–H groups in total. The van der Waals surface area contributed by atoms with Gasteiger partial charge in [-0.3, -0.25) is 4.98 Å². The molecule has 2 heterocycles. The van der Waals surface area contributed by atoms with Gasteiger partial charge in [-0.2, -0.15) is 0 Å². The summed E-state index contributed by atoms with van der Waals surface area (Å²) in [5.74, 6) is 0.336. The summed E-state index contributed by atoms with van der Waals surface area (Å²) in [6.45, 7) is 3.87. The number of benzene rings is 1. The third-order valence-electron chi connectivity index (χ3n) is 3.58. The molecule has 0 saturated carbocycles. The second-order valence-corrected chi connectivity index (χ2v) is 5.88. The molecule has 4 nitrogen and oxygen atoms in total. The Hall–Kier alpha value is -2.14. The molecule has 3 aromatic rings. The molecule has 0 atom stereocenters. The van der Waals surface area contributed by atoms with Crippen molar-refractivity contribution < 1.29 is 5.11 Å². The smallest absolute Gasteiger partial charge is 0.181 e. The Morgan fingerprint density at radius 2 is 2.10 bits per heavy atom. The highest BCUT2D eigenvalue weighted by Gasteiger charge is 2.17. The van der Waals surface area contributed by atoms with E-state index in [4.69, 9.17) is 5.73 Å². The number of hydrogen-bond acceptors (Lipinski definition) is 5. The van der Waals surface area contributed by atoms with Crippen LogP contribution in [0.3, 0.4) is 0 Å². The minimum atomic E-state index is 0.336. The maximum Gasteiger partial charge on any atom is 0.181 e. The molecule has 0 unspecified atom stereocenters. The number of rotatable bonds is 2. The summed E-state index contributed by atoms with van der Waals surface area (Å²) in [6.07, 6.45) is 4.17. The van der Waals surface area contributed by atoms with Crippen molar-refractivity contribution in [2.75, 3.05) is 5.73 Å². The Kier molecular flexibility index (Phi) is 3.06. The van der Waals surface area contributed by atoms with E-state index < -0.39 is 0 Å². The highest BCUT2D eigenvalue weighted by molar-refractivity contribution is 7.22. The summed E-state index contributed by atoms with van der Waals surface area (Å²) in [7, 11) is 0. The number of fused-ring (bicyclic) bond motifs is 1. The van der Waals surface area contributed by atoms with E-state index in [-0.39, 0.29) is 0 Å². The SMILES string of the molecule is Cc1c(O)c(Cc2cccnc2)c2sc(N)nc2c1C. The van der Waals surface area contributed by atoms with Crippen molar-refractivity contribution in [2.45, 2.75) is 20.3 Å². The maximum absolute atomic E-state index is 10.5. The summed E-state index contributed by atoms with van der Waals surface area (Å²) in [5, 5.41) is 11.0. The summed E-state index contributed by atoms with van der Waals surface area (Å²) in [5.41, 5.74) is 10.5. The molecule has 0 bridgehead atoms. The average molecular weight is 285 g/mol. The van der Waals surface area contributed by atoms with Gasteiger partial charge in [-0.1, -0.05) is 17.4 Å². The van der Waals surface area contributed by atoms with Gasteiger partial charge in [-0.15, -0.1) is 0 Å². The van der Waals surface area contributed by atoms with Gasteiger partial charge in [-0.25, -0.2) is 4.98 Å². The van der Waals surface area contributed by atoms with Gasteiger partial charge in [0.1, 0.15) is 5.75 Å². The van der Waals surface area contributed by atoms with Gasteiger partial charge in [0.25, 0.3) is 0 Å². The van der Waals surface area contributed by atoms with Crippen LogP contribution < -0.4 is 5.73 Å².